The van der Waals surface area contributed by atoms with Crippen LogP contribution in [-0.4, -0.2) is 34.3 Å². The summed E-state index contributed by atoms with van der Waals surface area (Å²) in [5, 5.41) is 5.29. The molecule has 156 valence electrons. The molecule has 6 nitrogen and oxygen atoms in total. The number of hydrogen-bond acceptors (Lipinski definition) is 4. The summed E-state index contributed by atoms with van der Waals surface area (Å²) in [6.07, 6.45) is -1.22. The van der Waals surface area contributed by atoms with Gasteiger partial charge < -0.3 is 0 Å². The van der Waals surface area contributed by atoms with Gasteiger partial charge in [-0.05, 0) is 30.7 Å². The first-order valence-electron chi connectivity index (χ1n) is 9.41. The normalized spacial score (nSPS) is 17.5. The molecule has 0 bridgehead atoms. The second-order valence-electron chi connectivity index (χ2n) is 8.15. The van der Waals surface area contributed by atoms with E-state index in [2.05, 4.69) is 23.8 Å². The maximum atomic E-state index is 13.1. The van der Waals surface area contributed by atoms with Gasteiger partial charge in [-0.25, -0.2) is 9.97 Å². The first kappa shape index (κ1) is 20.1. The minimum atomic E-state index is -4.50. The van der Waals surface area contributed by atoms with E-state index in [1.54, 1.807) is 16.3 Å². The van der Waals surface area contributed by atoms with E-state index in [4.69, 9.17) is 5.10 Å². The fourth-order valence-electron chi connectivity index (χ4n) is 3.79. The van der Waals surface area contributed by atoms with Crippen molar-refractivity contribution in [2.75, 3.05) is 5.75 Å². The Morgan fingerprint density at radius 2 is 2.03 bits per heavy atom. The molecule has 0 fully saturated rings. The first-order valence-corrected chi connectivity index (χ1v) is 10.7. The van der Waals surface area contributed by atoms with Crippen LogP contribution in [0.5, 0.6) is 0 Å². The molecule has 1 atom stereocenters. The predicted octanol–water partition coefficient (Wildman–Crippen LogP) is 3.82. The highest BCUT2D eigenvalue weighted by molar-refractivity contribution is 7.85. The summed E-state index contributed by atoms with van der Waals surface area (Å²) in [5.41, 5.74) is 1.53. The van der Waals surface area contributed by atoms with Gasteiger partial charge >= 0.3 is 6.18 Å². The van der Waals surface area contributed by atoms with Crippen LogP contribution in [0.15, 0.2) is 17.3 Å². The summed E-state index contributed by atoms with van der Waals surface area (Å²) in [5.74, 6) is 0.734. The van der Waals surface area contributed by atoms with Crippen molar-refractivity contribution in [2.24, 2.45) is 12.5 Å². The van der Waals surface area contributed by atoms with Crippen LogP contribution in [0.2, 0.25) is 0 Å². The summed E-state index contributed by atoms with van der Waals surface area (Å²) >= 11 is 0. The average Bonchev–Trinajstić information content (AvgIpc) is 3.16. The maximum Gasteiger partial charge on any atom is 0.417 e. The van der Waals surface area contributed by atoms with Crippen molar-refractivity contribution in [1.82, 2.24) is 24.3 Å². The number of halogens is 3. The van der Waals surface area contributed by atoms with Crippen LogP contribution in [0.1, 0.15) is 44.0 Å². The van der Waals surface area contributed by atoms with Gasteiger partial charge in [-0.3, -0.25) is 8.78 Å². The lowest BCUT2D eigenvalue weighted by atomic mass is 9.77. The molecule has 4 rings (SSSR count). The Labute approximate surface area is 168 Å². The molecule has 1 aliphatic carbocycles. The van der Waals surface area contributed by atoms with E-state index in [1.807, 2.05) is 6.92 Å². The topological polar surface area (TPSA) is 65.6 Å². The molecule has 29 heavy (non-hydrogen) atoms. The Morgan fingerprint density at radius 3 is 2.69 bits per heavy atom. The lowest BCUT2D eigenvalue weighted by molar-refractivity contribution is -0.137. The van der Waals surface area contributed by atoms with Gasteiger partial charge in [0.1, 0.15) is 10.5 Å². The molecule has 0 radical (unpaired) electrons. The van der Waals surface area contributed by atoms with E-state index < -0.39 is 22.5 Å². The number of rotatable bonds is 3. The van der Waals surface area contributed by atoms with E-state index in [9.17, 15) is 17.4 Å². The molecule has 3 heterocycles. The summed E-state index contributed by atoms with van der Waals surface area (Å²) in [7, 11) is 0.388. The fraction of sp³-hybridized carbons (Fsp3) is 0.526. The third-order valence-electron chi connectivity index (χ3n) is 5.40. The van der Waals surface area contributed by atoms with Crippen molar-refractivity contribution in [1.29, 1.82) is 0 Å². The van der Waals surface area contributed by atoms with Gasteiger partial charge in [0.25, 0.3) is 0 Å². The number of hydrogen-bond donors (Lipinski definition) is 0. The van der Waals surface area contributed by atoms with Crippen molar-refractivity contribution in [3.05, 3.63) is 29.1 Å². The summed E-state index contributed by atoms with van der Waals surface area (Å²) in [4.78, 5) is 8.34. The van der Waals surface area contributed by atoms with Crippen LogP contribution in [0, 0.1) is 5.41 Å². The highest BCUT2D eigenvalue weighted by atomic mass is 32.2. The molecule has 1 unspecified atom stereocenters. The second kappa shape index (κ2) is 6.65. The molecule has 0 amide bonds. The van der Waals surface area contributed by atoms with E-state index >= 15 is 0 Å². The van der Waals surface area contributed by atoms with Gasteiger partial charge in [-0.2, -0.15) is 23.0 Å². The molecule has 1 aliphatic rings. The highest BCUT2D eigenvalue weighted by Crippen LogP contribution is 2.38. The van der Waals surface area contributed by atoms with Crippen LogP contribution >= 0.6 is 0 Å². The number of nitrogens with zero attached hydrogens (tertiary/aromatic N) is 5. The fourth-order valence-corrected chi connectivity index (χ4v) is 4.87. The lowest BCUT2D eigenvalue weighted by Gasteiger charge is -2.28. The van der Waals surface area contributed by atoms with Crippen LogP contribution in [0.4, 0.5) is 13.2 Å². The van der Waals surface area contributed by atoms with Gasteiger partial charge in [0, 0.05) is 24.6 Å². The zero-order valence-electron chi connectivity index (χ0n) is 16.7. The number of pyridine rings is 1. The third kappa shape index (κ3) is 3.37. The molecule has 0 N–H and O–H groups in total. The van der Waals surface area contributed by atoms with Crippen molar-refractivity contribution < 1.29 is 17.4 Å². The number of fused-ring (bicyclic) bond motifs is 2. The molecule has 0 aliphatic heterocycles. The van der Waals surface area contributed by atoms with Crippen LogP contribution in [0.3, 0.4) is 0 Å². The number of aryl methyl sites for hydroxylation is 1. The monoisotopic (exact) mass is 425 g/mol. The standard InChI is InChI=1S/C19H22F3N5OS/c1-5-29(28)16-12-6-7-18(2,3)9-14(12)25-27(16)17-24-13-8-11(19(20,21)22)10-23-15(13)26(17)4/h8,10H,5-7,9H2,1-4H3. The summed E-state index contributed by atoms with van der Waals surface area (Å²) in [6.45, 7) is 6.17. The Bertz CT molecular complexity index is 1130. The second-order valence-corrected chi connectivity index (χ2v) is 9.81. The van der Waals surface area contributed by atoms with E-state index in [-0.39, 0.29) is 10.9 Å². The largest absolute Gasteiger partial charge is 0.417 e. The third-order valence-corrected chi connectivity index (χ3v) is 6.77. The van der Waals surface area contributed by atoms with Gasteiger partial charge in [0.15, 0.2) is 5.65 Å². The van der Waals surface area contributed by atoms with Crippen LogP contribution in [-0.2, 0) is 36.9 Å². The molecular weight excluding hydrogens is 403 g/mol. The van der Waals surface area contributed by atoms with E-state index in [0.717, 1.165) is 42.8 Å². The highest BCUT2D eigenvalue weighted by Gasteiger charge is 2.34. The molecule has 0 saturated carbocycles. The number of alkyl halides is 3. The van der Waals surface area contributed by atoms with Gasteiger partial charge in [0.2, 0.25) is 5.95 Å². The lowest BCUT2D eigenvalue weighted by Crippen LogP contribution is -2.22. The molecule has 0 saturated heterocycles. The van der Waals surface area contributed by atoms with Crippen LogP contribution < -0.4 is 0 Å². The molecular formula is C19H22F3N5OS. The minimum Gasteiger partial charge on any atom is -0.296 e. The number of aromatic nitrogens is 5. The Hall–Kier alpha value is -2.23. The SMILES string of the molecule is CCS(=O)c1c2c(nn1-c1nc3cc(C(F)(F)F)cnc3n1C)CC(C)(C)CC2. The molecule has 0 aromatic carbocycles. The quantitative estimate of drug-likeness (QED) is 0.640. The molecule has 10 heteroatoms. The first-order chi connectivity index (χ1) is 13.5. The van der Waals surface area contributed by atoms with Gasteiger partial charge in [-0.15, -0.1) is 0 Å². The van der Waals surface area contributed by atoms with Crippen molar-refractivity contribution in [3.8, 4) is 5.95 Å². The van der Waals surface area contributed by atoms with E-state index in [1.165, 1.54) is 0 Å². The molecule has 0 spiro atoms. The predicted molar refractivity (Wildman–Crippen MR) is 103 cm³/mol. The zero-order valence-corrected chi connectivity index (χ0v) is 17.5. The van der Waals surface area contributed by atoms with Crippen molar-refractivity contribution >= 4 is 22.0 Å². The minimum absolute atomic E-state index is 0.0900. The van der Waals surface area contributed by atoms with Crippen molar-refractivity contribution in [2.45, 2.75) is 51.2 Å². The Balaban J connectivity index is 1.92. The molecule has 3 aromatic heterocycles. The van der Waals surface area contributed by atoms with Gasteiger partial charge in [0.05, 0.1) is 22.1 Å². The maximum absolute atomic E-state index is 13.1. The smallest absolute Gasteiger partial charge is 0.296 e. The van der Waals surface area contributed by atoms with Crippen molar-refractivity contribution in [3.63, 3.8) is 0 Å². The Morgan fingerprint density at radius 1 is 1.31 bits per heavy atom. The Kier molecular flexibility index (Phi) is 4.60. The summed E-state index contributed by atoms with van der Waals surface area (Å²) in [6, 6.07) is 0.981. The average molecular weight is 425 g/mol. The van der Waals surface area contributed by atoms with Crippen LogP contribution in [0.25, 0.3) is 17.1 Å². The number of imidazole rings is 1. The molecule has 3 aromatic rings. The summed E-state index contributed by atoms with van der Waals surface area (Å²) < 4.78 is 55.2. The van der Waals surface area contributed by atoms with Gasteiger partial charge in [-0.1, -0.05) is 20.8 Å². The van der Waals surface area contributed by atoms with E-state index in [0.29, 0.717) is 22.4 Å². The zero-order chi connectivity index (χ0) is 21.1.